The average molecular weight is 878 g/mol. The molecule has 350 valence electrons. The molecule has 0 aromatic heterocycles. The lowest BCUT2D eigenvalue weighted by Gasteiger charge is -2.13. The van der Waals surface area contributed by atoms with Crippen molar-refractivity contribution in [3.63, 3.8) is 0 Å². The van der Waals surface area contributed by atoms with Crippen molar-refractivity contribution in [2.75, 3.05) is 157 Å². The quantitative estimate of drug-likeness (QED) is 0.0533. The normalized spacial score (nSPS) is 11.7. The van der Waals surface area contributed by atoms with E-state index < -0.39 is 17.7 Å². The molecular weight excluding hydrogens is 807 g/mol. The molecule has 0 aliphatic heterocycles. The third-order valence-electron chi connectivity index (χ3n) is 8.44. The highest BCUT2D eigenvalue weighted by atomic mass is 19.4. The maximum atomic E-state index is 13.1. The Balaban J connectivity index is 1.24. The van der Waals surface area contributed by atoms with Crippen LogP contribution in [0.2, 0.25) is 0 Å². The van der Waals surface area contributed by atoms with Gasteiger partial charge in [-0.05, 0) is 36.8 Å². The summed E-state index contributed by atoms with van der Waals surface area (Å²) in [6, 6.07) is 11.1. The van der Waals surface area contributed by atoms with Gasteiger partial charge in [-0.25, -0.2) is 4.79 Å². The predicted octanol–water partition coefficient (Wildman–Crippen LogP) is 7.15. The molecule has 2 aromatic carbocycles. The van der Waals surface area contributed by atoms with Crippen LogP contribution in [0.5, 0.6) is 0 Å². The standard InChI is InChI=1S/C44H70F3NO13/c1-2-3-4-5-6-9-15-50-16-17-51-18-19-52-20-21-53-22-23-54-24-25-55-26-27-56-28-29-57-30-31-58-32-33-59-34-35-60-36-37-61-43(49)41-13-7-8-14-42(41)48-40-12-10-11-39(38-40)44(45,46)47/h7-8,10-14,38,48H,2-6,9,15-37H2,1H3. The zero-order valence-electron chi connectivity index (χ0n) is 36.1. The van der Waals surface area contributed by atoms with Gasteiger partial charge in [0.1, 0.15) is 6.61 Å². The fourth-order valence-corrected chi connectivity index (χ4v) is 5.26. The van der Waals surface area contributed by atoms with E-state index in [9.17, 15) is 18.0 Å². The monoisotopic (exact) mass is 877 g/mol. The molecule has 0 aliphatic carbocycles. The molecule has 0 saturated heterocycles. The van der Waals surface area contributed by atoms with Crippen LogP contribution in [0.15, 0.2) is 48.5 Å². The smallest absolute Gasteiger partial charge is 0.416 e. The first kappa shape index (κ1) is 54.2. The molecule has 0 fully saturated rings. The van der Waals surface area contributed by atoms with Crippen molar-refractivity contribution in [2.24, 2.45) is 0 Å². The number of hydrogen-bond acceptors (Lipinski definition) is 14. The molecule has 0 atom stereocenters. The Morgan fingerprint density at radius 2 is 0.836 bits per heavy atom. The average Bonchev–Trinajstić information content (AvgIpc) is 3.25. The van der Waals surface area contributed by atoms with E-state index in [1.54, 1.807) is 18.2 Å². The number of ether oxygens (including phenoxy) is 12. The van der Waals surface area contributed by atoms with Crippen molar-refractivity contribution in [1.82, 2.24) is 0 Å². The highest BCUT2D eigenvalue weighted by molar-refractivity contribution is 5.96. The lowest BCUT2D eigenvalue weighted by Crippen LogP contribution is -2.16. The fraction of sp³-hybridized carbons (Fsp3) is 0.705. The second-order valence-corrected chi connectivity index (χ2v) is 13.4. The summed E-state index contributed by atoms with van der Waals surface area (Å²) in [6.07, 6.45) is 3.12. The zero-order valence-corrected chi connectivity index (χ0v) is 36.1. The summed E-state index contributed by atoms with van der Waals surface area (Å²) >= 11 is 0. The van der Waals surface area contributed by atoms with Crippen LogP contribution in [0.25, 0.3) is 0 Å². The first-order valence-corrected chi connectivity index (χ1v) is 21.5. The number of esters is 1. The van der Waals surface area contributed by atoms with Crippen molar-refractivity contribution >= 4 is 17.3 Å². The third-order valence-corrected chi connectivity index (χ3v) is 8.44. The largest absolute Gasteiger partial charge is 0.460 e. The maximum absolute atomic E-state index is 13.1. The van der Waals surface area contributed by atoms with E-state index in [4.69, 9.17) is 56.8 Å². The number of anilines is 2. The molecule has 61 heavy (non-hydrogen) atoms. The summed E-state index contributed by atoms with van der Waals surface area (Å²) in [4.78, 5) is 12.6. The van der Waals surface area contributed by atoms with Crippen molar-refractivity contribution < 1.29 is 74.8 Å². The minimum Gasteiger partial charge on any atom is -0.460 e. The van der Waals surface area contributed by atoms with E-state index in [1.165, 1.54) is 50.3 Å². The summed E-state index contributed by atoms with van der Waals surface area (Å²) in [5, 5.41) is 2.86. The van der Waals surface area contributed by atoms with Crippen LogP contribution in [-0.4, -0.2) is 158 Å². The molecule has 0 bridgehead atoms. The maximum Gasteiger partial charge on any atom is 0.416 e. The van der Waals surface area contributed by atoms with E-state index in [0.717, 1.165) is 25.2 Å². The van der Waals surface area contributed by atoms with E-state index in [0.29, 0.717) is 138 Å². The number of nitrogens with one attached hydrogen (secondary N) is 1. The van der Waals surface area contributed by atoms with Crippen LogP contribution in [0.4, 0.5) is 24.5 Å². The van der Waals surface area contributed by atoms with Crippen LogP contribution in [-0.2, 0) is 63.0 Å². The SMILES string of the molecule is CCCCCCCCOCCOCCOCCOCCOCCOCCOCCOCCOCCOCCOCCOC(=O)c1ccccc1Nc1cccc(C(F)(F)F)c1. The molecular formula is C44H70F3NO13. The van der Waals surface area contributed by atoms with Crippen LogP contribution < -0.4 is 5.32 Å². The van der Waals surface area contributed by atoms with E-state index in [2.05, 4.69) is 12.2 Å². The van der Waals surface area contributed by atoms with Gasteiger partial charge in [-0.3, -0.25) is 0 Å². The summed E-state index contributed by atoms with van der Waals surface area (Å²) < 4.78 is 105. The van der Waals surface area contributed by atoms with Gasteiger partial charge in [0.15, 0.2) is 0 Å². The minimum atomic E-state index is -4.48. The van der Waals surface area contributed by atoms with Gasteiger partial charge in [-0.1, -0.05) is 57.2 Å². The molecule has 1 N–H and O–H groups in total. The molecule has 0 heterocycles. The predicted molar refractivity (Wildman–Crippen MR) is 224 cm³/mol. The minimum absolute atomic E-state index is 0.00255. The summed E-state index contributed by atoms with van der Waals surface area (Å²) in [5.74, 6) is -0.629. The third kappa shape index (κ3) is 31.5. The number of rotatable bonds is 43. The Labute approximate surface area is 360 Å². The summed E-state index contributed by atoms with van der Waals surface area (Å²) in [7, 11) is 0. The van der Waals surface area contributed by atoms with Gasteiger partial charge in [0, 0.05) is 12.3 Å². The molecule has 0 saturated carbocycles. The molecule has 2 rings (SSSR count). The van der Waals surface area contributed by atoms with Gasteiger partial charge in [0.05, 0.1) is 156 Å². The number of para-hydroxylation sites is 1. The van der Waals surface area contributed by atoms with Gasteiger partial charge in [-0.2, -0.15) is 13.2 Å². The second-order valence-electron chi connectivity index (χ2n) is 13.4. The van der Waals surface area contributed by atoms with Gasteiger partial charge >= 0.3 is 12.1 Å². The lowest BCUT2D eigenvalue weighted by atomic mass is 10.1. The zero-order chi connectivity index (χ0) is 43.7. The number of unbranched alkanes of at least 4 members (excludes halogenated alkanes) is 5. The Hall–Kier alpha value is -2.94. The number of carbonyl (C=O) groups excluding carboxylic acids is 1. The van der Waals surface area contributed by atoms with Crippen molar-refractivity contribution in [3.05, 3.63) is 59.7 Å². The van der Waals surface area contributed by atoms with Gasteiger partial charge in [0.2, 0.25) is 0 Å². The van der Waals surface area contributed by atoms with Crippen molar-refractivity contribution in [3.8, 4) is 0 Å². The number of carbonyl (C=O) groups is 1. The highest BCUT2D eigenvalue weighted by Gasteiger charge is 2.30. The summed E-state index contributed by atoms with van der Waals surface area (Å²) in [5.41, 5.74) is -0.0906. The van der Waals surface area contributed by atoms with Crippen LogP contribution in [0.1, 0.15) is 61.4 Å². The van der Waals surface area contributed by atoms with Crippen LogP contribution in [0.3, 0.4) is 0 Å². The summed E-state index contributed by atoms with van der Waals surface area (Å²) in [6.45, 7) is 12.6. The van der Waals surface area contributed by atoms with E-state index in [-0.39, 0.29) is 24.5 Å². The first-order valence-electron chi connectivity index (χ1n) is 21.5. The number of hydrogen-bond donors (Lipinski definition) is 1. The van der Waals surface area contributed by atoms with E-state index >= 15 is 0 Å². The molecule has 17 heteroatoms. The molecule has 14 nitrogen and oxygen atoms in total. The molecule has 0 aliphatic rings. The Morgan fingerprint density at radius 3 is 1.26 bits per heavy atom. The Morgan fingerprint density at radius 1 is 0.459 bits per heavy atom. The molecule has 0 spiro atoms. The van der Waals surface area contributed by atoms with E-state index in [1.807, 2.05) is 0 Å². The second kappa shape index (κ2) is 38.7. The Bertz CT molecular complexity index is 1310. The van der Waals surface area contributed by atoms with Crippen molar-refractivity contribution in [1.29, 1.82) is 0 Å². The van der Waals surface area contributed by atoms with Gasteiger partial charge < -0.3 is 62.2 Å². The van der Waals surface area contributed by atoms with Crippen molar-refractivity contribution in [2.45, 2.75) is 51.6 Å². The topological polar surface area (TPSA) is 140 Å². The number of alkyl halides is 3. The number of benzene rings is 2. The molecule has 0 radical (unpaired) electrons. The molecule has 0 amide bonds. The lowest BCUT2D eigenvalue weighted by molar-refractivity contribution is -0.137. The molecule has 2 aromatic rings. The first-order chi connectivity index (χ1) is 29.9. The van der Waals surface area contributed by atoms with Crippen LogP contribution >= 0.6 is 0 Å². The van der Waals surface area contributed by atoms with Gasteiger partial charge in [0.25, 0.3) is 0 Å². The fourth-order valence-electron chi connectivity index (χ4n) is 5.26. The van der Waals surface area contributed by atoms with Gasteiger partial charge in [-0.15, -0.1) is 0 Å². The number of halogens is 3. The van der Waals surface area contributed by atoms with Crippen LogP contribution in [0, 0.1) is 0 Å². The highest BCUT2D eigenvalue weighted by Crippen LogP contribution is 2.32. The molecule has 0 unspecified atom stereocenters. The Kier molecular flexibility index (Phi) is 34.4.